The fraction of sp³-hybridized carbons (Fsp3) is 0.600. The van der Waals surface area contributed by atoms with Crippen molar-refractivity contribution in [3.63, 3.8) is 0 Å². The molecule has 0 atom stereocenters. The van der Waals surface area contributed by atoms with Gasteiger partial charge in [0.2, 0.25) is 10.0 Å². The first-order valence-corrected chi connectivity index (χ1v) is 8.48. The molecule has 0 saturated carbocycles. The van der Waals surface area contributed by atoms with E-state index in [9.17, 15) is 8.42 Å². The summed E-state index contributed by atoms with van der Waals surface area (Å²) >= 11 is 0. The van der Waals surface area contributed by atoms with Crippen LogP contribution in [0, 0.1) is 0 Å². The van der Waals surface area contributed by atoms with Gasteiger partial charge in [-0.2, -0.15) is 0 Å². The number of hydrogen-bond acceptors (Lipinski definition) is 3. The Labute approximate surface area is 122 Å². The van der Waals surface area contributed by atoms with Gasteiger partial charge in [0.25, 0.3) is 0 Å². The molecule has 20 heavy (non-hydrogen) atoms. The molecule has 0 aliphatic rings. The Kier molecular flexibility index (Phi) is 5.21. The van der Waals surface area contributed by atoms with Gasteiger partial charge < -0.3 is 4.74 Å². The zero-order valence-corrected chi connectivity index (χ0v) is 13.8. The summed E-state index contributed by atoms with van der Waals surface area (Å²) in [4.78, 5) is 0.124. The standard InChI is InChI=1S/C15H25NO3S/c1-6-11(7-2)19-14-9-8-12(20(16,17)18)10-13(14)15(3,4)5/h8-11H,6-7H2,1-5H3,(H2,16,17,18). The van der Waals surface area contributed by atoms with E-state index in [1.165, 1.54) is 6.07 Å². The number of sulfonamides is 1. The number of rotatable bonds is 5. The van der Waals surface area contributed by atoms with Crippen LogP contribution >= 0.6 is 0 Å². The van der Waals surface area contributed by atoms with Gasteiger partial charge in [-0.05, 0) is 36.5 Å². The van der Waals surface area contributed by atoms with Crippen LogP contribution in [-0.4, -0.2) is 14.5 Å². The van der Waals surface area contributed by atoms with Crippen LogP contribution in [0.25, 0.3) is 0 Å². The number of nitrogens with two attached hydrogens (primary N) is 1. The van der Waals surface area contributed by atoms with E-state index in [1.807, 2.05) is 20.8 Å². The van der Waals surface area contributed by atoms with Crippen molar-refractivity contribution in [1.82, 2.24) is 0 Å². The van der Waals surface area contributed by atoms with Gasteiger partial charge in [0.05, 0.1) is 11.0 Å². The summed E-state index contributed by atoms with van der Waals surface area (Å²) < 4.78 is 29.0. The molecule has 0 amide bonds. The van der Waals surface area contributed by atoms with Gasteiger partial charge in [-0.1, -0.05) is 34.6 Å². The molecule has 0 fully saturated rings. The second-order valence-corrected chi connectivity index (χ2v) is 7.57. The Hall–Kier alpha value is -1.07. The van der Waals surface area contributed by atoms with E-state index in [2.05, 4.69) is 13.8 Å². The molecule has 0 bridgehead atoms. The van der Waals surface area contributed by atoms with E-state index in [-0.39, 0.29) is 16.4 Å². The lowest BCUT2D eigenvalue weighted by atomic mass is 9.86. The van der Waals surface area contributed by atoms with Gasteiger partial charge in [0.1, 0.15) is 5.75 Å². The predicted molar refractivity (Wildman–Crippen MR) is 81.5 cm³/mol. The molecule has 0 heterocycles. The van der Waals surface area contributed by atoms with Crippen molar-refractivity contribution < 1.29 is 13.2 Å². The first-order chi connectivity index (χ1) is 9.09. The fourth-order valence-corrected chi connectivity index (χ4v) is 2.55. The average molecular weight is 299 g/mol. The Morgan fingerprint density at radius 2 is 1.75 bits per heavy atom. The number of ether oxygens (including phenoxy) is 1. The van der Waals surface area contributed by atoms with Gasteiger partial charge >= 0.3 is 0 Å². The quantitative estimate of drug-likeness (QED) is 0.907. The van der Waals surface area contributed by atoms with Gasteiger partial charge in [-0.15, -0.1) is 0 Å². The van der Waals surface area contributed by atoms with E-state index >= 15 is 0 Å². The third-order valence-electron chi connectivity index (χ3n) is 3.29. The highest BCUT2D eigenvalue weighted by atomic mass is 32.2. The Bertz CT molecular complexity index is 555. The van der Waals surface area contributed by atoms with Gasteiger partial charge in [0, 0.05) is 5.56 Å². The Morgan fingerprint density at radius 1 is 1.20 bits per heavy atom. The molecule has 1 aromatic rings. The van der Waals surface area contributed by atoms with Crippen molar-refractivity contribution >= 4 is 10.0 Å². The summed E-state index contributed by atoms with van der Waals surface area (Å²) in [5.74, 6) is 0.735. The molecule has 114 valence electrons. The maximum Gasteiger partial charge on any atom is 0.238 e. The molecule has 0 aliphatic heterocycles. The van der Waals surface area contributed by atoms with Crippen molar-refractivity contribution in [2.75, 3.05) is 0 Å². The third kappa shape index (κ3) is 4.21. The van der Waals surface area contributed by atoms with Crippen LogP contribution in [0.5, 0.6) is 5.75 Å². The molecule has 0 spiro atoms. The lowest BCUT2D eigenvalue weighted by molar-refractivity contribution is 0.188. The van der Waals surface area contributed by atoms with Crippen LogP contribution in [0.2, 0.25) is 0 Å². The molecule has 0 saturated heterocycles. The lowest BCUT2D eigenvalue weighted by Gasteiger charge is -2.26. The van der Waals surface area contributed by atoms with E-state index in [4.69, 9.17) is 9.88 Å². The van der Waals surface area contributed by atoms with E-state index in [0.717, 1.165) is 24.2 Å². The number of primary sulfonamides is 1. The molecule has 5 heteroatoms. The Morgan fingerprint density at radius 3 is 2.15 bits per heavy atom. The molecule has 0 unspecified atom stereocenters. The topological polar surface area (TPSA) is 69.4 Å². The maximum atomic E-state index is 11.5. The number of hydrogen-bond donors (Lipinski definition) is 1. The smallest absolute Gasteiger partial charge is 0.238 e. The van der Waals surface area contributed by atoms with Crippen molar-refractivity contribution in [2.24, 2.45) is 5.14 Å². The highest BCUT2D eigenvalue weighted by Crippen LogP contribution is 2.34. The minimum atomic E-state index is -3.70. The monoisotopic (exact) mass is 299 g/mol. The molecular formula is C15H25NO3S. The van der Waals surface area contributed by atoms with E-state index < -0.39 is 10.0 Å². The van der Waals surface area contributed by atoms with Crippen LogP contribution in [0.4, 0.5) is 0 Å². The first-order valence-electron chi connectivity index (χ1n) is 6.93. The summed E-state index contributed by atoms with van der Waals surface area (Å²) in [6.07, 6.45) is 1.96. The Balaban J connectivity index is 3.32. The highest BCUT2D eigenvalue weighted by molar-refractivity contribution is 7.89. The number of benzene rings is 1. The lowest BCUT2D eigenvalue weighted by Crippen LogP contribution is -2.20. The second-order valence-electron chi connectivity index (χ2n) is 6.01. The van der Waals surface area contributed by atoms with Crippen LogP contribution in [-0.2, 0) is 15.4 Å². The molecule has 4 nitrogen and oxygen atoms in total. The largest absolute Gasteiger partial charge is 0.490 e. The predicted octanol–water partition coefficient (Wildman–Crippen LogP) is 3.20. The van der Waals surface area contributed by atoms with Crippen LogP contribution in [0.1, 0.15) is 53.0 Å². The zero-order chi connectivity index (χ0) is 15.6. The summed E-state index contributed by atoms with van der Waals surface area (Å²) in [5, 5.41) is 5.20. The molecule has 0 aliphatic carbocycles. The van der Waals surface area contributed by atoms with Gasteiger partial charge in [0.15, 0.2) is 0 Å². The van der Waals surface area contributed by atoms with E-state index in [1.54, 1.807) is 12.1 Å². The third-order valence-corrected chi connectivity index (χ3v) is 4.20. The molecular weight excluding hydrogens is 274 g/mol. The van der Waals surface area contributed by atoms with Gasteiger partial charge in [-0.3, -0.25) is 0 Å². The van der Waals surface area contributed by atoms with E-state index in [0.29, 0.717) is 0 Å². The SMILES string of the molecule is CCC(CC)Oc1ccc(S(N)(=O)=O)cc1C(C)(C)C. The average Bonchev–Trinajstić information content (AvgIpc) is 2.33. The van der Waals surface area contributed by atoms with Crippen LogP contribution in [0.3, 0.4) is 0 Å². The molecule has 0 aromatic heterocycles. The molecule has 0 radical (unpaired) electrons. The minimum absolute atomic E-state index is 0.124. The molecule has 1 rings (SSSR count). The van der Waals surface area contributed by atoms with Crippen molar-refractivity contribution in [3.8, 4) is 5.75 Å². The van der Waals surface area contributed by atoms with Crippen LogP contribution < -0.4 is 9.88 Å². The molecule has 1 aromatic carbocycles. The summed E-state index contributed by atoms with van der Waals surface area (Å²) in [5.41, 5.74) is 0.637. The van der Waals surface area contributed by atoms with Crippen molar-refractivity contribution in [2.45, 2.75) is 63.9 Å². The normalized spacial score (nSPS) is 12.8. The summed E-state index contributed by atoms with van der Waals surface area (Å²) in [7, 11) is -3.70. The highest BCUT2D eigenvalue weighted by Gasteiger charge is 2.23. The minimum Gasteiger partial charge on any atom is -0.490 e. The van der Waals surface area contributed by atoms with Crippen molar-refractivity contribution in [1.29, 1.82) is 0 Å². The second kappa shape index (κ2) is 6.14. The van der Waals surface area contributed by atoms with Crippen molar-refractivity contribution in [3.05, 3.63) is 23.8 Å². The summed E-state index contributed by atoms with van der Waals surface area (Å²) in [6, 6.07) is 4.83. The van der Waals surface area contributed by atoms with Crippen LogP contribution in [0.15, 0.2) is 23.1 Å². The van der Waals surface area contributed by atoms with Gasteiger partial charge in [-0.25, -0.2) is 13.6 Å². The first kappa shape index (κ1) is 17.0. The zero-order valence-electron chi connectivity index (χ0n) is 12.9. The maximum absolute atomic E-state index is 11.5. The fourth-order valence-electron chi connectivity index (χ4n) is 2.01. The summed E-state index contributed by atoms with van der Waals surface area (Å²) in [6.45, 7) is 10.2. The molecule has 2 N–H and O–H groups in total.